The van der Waals surface area contributed by atoms with Crippen LogP contribution in [0, 0.1) is 12.7 Å². The SMILES string of the molecule is Cc1ccc(C(NN)c2cccc(F)c2)cc1Cl. The van der Waals surface area contributed by atoms with E-state index in [-0.39, 0.29) is 11.9 Å². The first-order chi connectivity index (χ1) is 8.61. The molecule has 0 saturated carbocycles. The van der Waals surface area contributed by atoms with Crippen molar-refractivity contribution in [3.05, 3.63) is 70.0 Å². The molecule has 0 aliphatic rings. The summed E-state index contributed by atoms with van der Waals surface area (Å²) in [7, 11) is 0. The molecule has 2 rings (SSSR count). The van der Waals surface area contributed by atoms with Crippen LogP contribution in [0.3, 0.4) is 0 Å². The van der Waals surface area contributed by atoms with Crippen LogP contribution < -0.4 is 11.3 Å². The van der Waals surface area contributed by atoms with Crippen molar-refractivity contribution in [1.29, 1.82) is 0 Å². The number of hydrogen-bond acceptors (Lipinski definition) is 2. The molecular formula is C14H14ClFN2. The molecule has 0 saturated heterocycles. The second kappa shape index (κ2) is 5.48. The van der Waals surface area contributed by atoms with Gasteiger partial charge in [0.1, 0.15) is 5.82 Å². The molecule has 2 aromatic rings. The van der Waals surface area contributed by atoms with Crippen molar-refractivity contribution in [2.24, 2.45) is 5.84 Å². The second-order valence-corrected chi connectivity index (χ2v) is 4.57. The summed E-state index contributed by atoms with van der Waals surface area (Å²) in [6.45, 7) is 1.93. The van der Waals surface area contributed by atoms with E-state index in [0.29, 0.717) is 5.02 Å². The van der Waals surface area contributed by atoms with E-state index in [9.17, 15) is 4.39 Å². The molecule has 0 heterocycles. The molecule has 0 aromatic heterocycles. The zero-order chi connectivity index (χ0) is 13.1. The van der Waals surface area contributed by atoms with E-state index in [4.69, 9.17) is 17.4 Å². The number of hydrogen-bond donors (Lipinski definition) is 2. The van der Waals surface area contributed by atoms with E-state index in [1.54, 1.807) is 6.07 Å². The average molecular weight is 265 g/mol. The number of rotatable bonds is 3. The fourth-order valence-corrected chi connectivity index (χ4v) is 2.05. The van der Waals surface area contributed by atoms with Gasteiger partial charge in [-0.25, -0.2) is 9.82 Å². The minimum Gasteiger partial charge on any atom is -0.271 e. The number of aryl methyl sites for hydroxylation is 1. The van der Waals surface area contributed by atoms with Gasteiger partial charge < -0.3 is 0 Å². The van der Waals surface area contributed by atoms with Gasteiger partial charge in [0.25, 0.3) is 0 Å². The first-order valence-electron chi connectivity index (χ1n) is 5.59. The van der Waals surface area contributed by atoms with Gasteiger partial charge in [0.15, 0.2) is 0 Å². The highest BCUT2D eigenvalue weighted by molar-refractivity contribution is 6.31. The minimum atomic E-state index is -0.286. The molecule has 18 heavy (non-hydrogen) atoms. The van der Waals surface area contributed by atoms with Crippen molar-refractivity contribution in [2.75, 3.05) is 0 Å². The van der Waals surface area contributed by atoms with Gasteiger partial charge in [-0.3, -0.25) is 5.84 Å². The van der Waals surface area contributed by atoms with E-state index in [2.05, 4.69) is 5.43 Å². The standard InChI is InChI=1S/C14H14ClFN2/c1-9-5-6-11(8-13(9)15)14(18-17)10-3-2-4-12(16)7-10/h2-8,14,18H,17H2,1H3. The summed E-state index contributed by atoms with van der Waals surface area (Å²) < 4.78 is 13.2. The van der Waals surface area contributed by atoms with Crippen LogP contribution in [0.5, 0.6) is 0 Å². The highest BCUT2D eigenvalue weighted by atomic mass is 35.5. The van der Waals surface area contributed by atoms with Gasteiger partial charge in [-0.1, -0.05) is 35.9 Å². The summed E-state index contributed by atoms with van der Waals surface area (Å²) in [6.07, 6.45) is 0. The van der Waals surface area contributed by atoms with Crippen molar-refractivity contribution in [1.82, 2.24) is 5.43 Å². The Balaban J connectivity index is 2.42. The molecule has 0 radical (unpaired) electrons. The number of nitrogens with two attached hydrogens (primary N) is 1. The Morgan fingerprint density at radius 2 is 1.89 bits per heavy atom. The minimum absolute atomic E-state index is 0.279. The van der Waals surface area contributed by atoms with Crippen molar-refractivity contribution >= 4 is 11.6 Å². The second-order valence-electron chi connectivity index (χ2n) is 4.16. The van der Waals surface area contributed by atoms with E-state index in [1.165, 1.54) is 12.1 Å². The highest BCUT2D eigenvalue weighted by Gasteiger charge is 2.13. The van der Waals surface area contributed by atoms with Crippen LogP contribution in [0.2, 0.25) is 5.02 Å². The molecule has 1 atom stereocenters. The van der Waals surface area contributed by atoms with Crippen LogP contribution in [-0.4, -0.2) is 0 Å². The maximum absolute atomic E-state index is 13.2. The van der Waals surface area contributed by atoms with E-state index < -0.39 is 0 Å². The lowest BCUT2D eigenvalue weighted by Crippen LogP contribution is -2.28. The lowest BCUT2D eigenvalue weighted by atomic mass is 9.98. The summed E-state index contributed by atoms with van der Waals surface area (Å²) in [6, 6.07) is 11.7. The lowest BCUT2D eigenvalue weighted by Gasteiger charge is -2.17. The van der Waals surface area contributed by atoms with Crippen LogP contribution in [0.4, 0.5) is 4.39 Å². The molecular weight excluding hydrogens is 251 g/mol. The lowest BCUT2D eigenvalue weighted by molar-refractivity contribution is 0.605. The fraction of sp³-hybridized carbons (Fsp3) is 0.143. The molecule has 0 spiro atoms. The highest BCUT2D eigenvalue weighted by Crippen LogP contribution is 2.26. The number of halogens is 2. The Morgan fingerprint density at radius 1 is 1.17 bits per heavy atom. The monoisotopic (exact) mass is 264 g/mol. The summed E-state index contributed by atoms with van der Waals surface area (Å²) in [5.74, 6) is 5.27. The first kappa shape index (κ1) is 13.0. The molecule has 2 aromatic carbocycles. The molecule has 0 fully saturated rings. The molecule has 0 bridgehead atoms. The van der Waals surface area contributed by atoms with Crippen molar-refractivity contribution in [3.8, 4) is 0 Å². The molecule has 0 aliphatic carbocycles. The summed E-state index contributed by atoms with van der Waals surface area (Å²) in [5.41, 5.74) is 5.34. The van der Waals surface area contributed by atoms with E-state index in [1.807, 2.05) is 31.2 Å². The molecule has 0 aliphatic heterocycles. The molecule has 1 unspecified atom stereocenters. The third kappa shape index (κ3) is 2.70. The quantitative estimate of drug-likeness (QED) is 0.659. The van der Waals surface area contributed by atoms with E-state index >= 15 is 0 Å². The average Bonchev–Trinajstić information content (AvgIpc) is 2.35. The Kier molecular flexibility index (Phi) is 3.97. The Bertz CT molecular complexity index is 557. The first-order valence-corrected chi connectivity index (χ1v) is 5.97. The summed E-state index contributed by atoms with van der Waals surface area (Å²) in [5, 5.41) is 0.671. The largest absolute Gasteiger partial charge is 0.271 e. The topological polar surface area (TPSA) is 38.0 Å². The third-order valence-corrected chi connectivity index (χ3v) is 3.29. The molecule has 94 valence electrons. The van der Waals surface area contributed by atoms with Crippen LogP contribution in [0.25, 0.3) is 0 Å². The van der Waals surface area contributed by atoms with Gasteiger partial charge >= 0.3 is 0 Å². The van der Waals surface area contributed by atoms with Crippen molar-refractivity contribution in [3.63, 3.8) is 0 Å². The smallest absolute Gasteiger partial charge is 0.123 e. The van der Waals surface area contributed by atoms with Gasteiger partial charge in [-0.2, -0.15) is 0 Å². The van der Waals surface area contributed by atoms with Crippen LogP contribution in [0.15, 0.2) is 42.5 Å². The van der Waals surface area contributed by atoms with Gasteiger partial charge in [-0.05, 0) is 41.8 Å². The van der Waals surface area contributed by atoms with Gasteiger partial charge in [-0.15, -0.1) is 0 Å². The molecule has 3 N–H and O–H groups in total. The molecule has 2 nitrogen and oxygen atoms in total. The van der Waals surface area contributed by atoms with Crippen LogP contribution in [-0.2, 0) is 0 Å². The molecule has 4 heteroatoms. The normalized spacial score (nSPS) is 12.4. The molecule has 0 amide bonds. The van der Waals surface area contributed by atoms with E-state index in [0.717, 1.165) is 16.7 Å². The van der Waals surface area contributed by atoms with Crippen molar-refractivity contribution in [2.45, 2.75) is 13.0 Å². The number of nitrogens with one attached hydrogen (secondary N) is 1. The number of benzene rings is 2. The Labute approximate surface area is 111 Å². The van der Waals surface area contributed by atoms with Crippen LogP contribution >= 0.6 is 11.6 Å². The zero-order valence-electron chi connectivity index (χ0n) is 9.95. The van der Waals surface area contributed by atoms with Gasteiger partial charge in [0, 0.05) is 5.02 Å². The fourth-order valence-electron chi connectivity index (χ4n) is 1.86. The summed E-state index contributed by atoms with van der Waals surface area (Å²) in [4.78, 5) is 0. The maximum Gasteiger partial charge on any atom is 0.123 e. The predicted molar refractivity (Wildman–Crippen MR) is 71.8 cm³/mol. The predicted octanol–water partition coefficient (Wildman–Crippen LogP) is 3.34. The van der Waals surface area contributed by atoms with Crippen molar-refractivity contribution < 1.29 is 4.39 Å². The third-order valence-electron chi connectivity index (χ3n) is 2.88. The number of hydrazine groups is 1. The van der Waals surface area contributed by atoms with Crippen LogP contribution in [0.1, 0.15) is 22.7 Å². The Hall–Kier alpha value is -1.42. The maximum atomic E-state index is 13.2. The Morgan fingerprint density at radius 3 is 2.50 bits per heavy atom. The summed E-state index contributed by atoms with van der Waals surface area (Å²) >= 11 is 6.09. The zero-order valence-corrected chi connectivity index (χ0v) is 10.7. The van der Waals surface area contributed by atoms with Gasteiger partial charge in [0.2, 0.25) is 0 Å². The van der Waals surface area contributed by atoms with Gasteiger partial charge in [0.05, 0.1) is 6.04 Å².